The first-order valence-corrected chi connectivity index (χ1v) is 8.47. The van der Waals surface area contributed by atoms with Crippen LogP contribution in [0.15, 0.2) is 48.5 Å². The van der Waals surface area contributed by atoms with Crippen molar-refractivity contribution in [1.82, 2.24) is 19.9 Å². The van der Waals surface area contributed by atoms with Crippen LogP contribution in [0.4, 0.5) is 5.69 Å². The second-order valence-corrected chi connectivity index (χ2v) is 6.35. The molecule has 2 aromatic carbocycles. The fourth-order valence-corrected chi connectivity index (χ4v) is 3.41. The number of benzene rings is 2. The highest BCUT2D eigenvalue weighted by Crippen LogP contribution is 2.26. The molecular weight excluding hydrogens is 334 g/mol. The monoisotopic (exact) mass is 351 g/mol. The molecule has 26 heavy (non-hydrogen) atoms. The van der Waals surface area contributed by atoms with Gasteiger partial charge in [-0.05, 0) is 31.0 Å². The standard InChI is InChI=1S/C18H17N5O3/c24-18(13-4-3-5-15(12-13)23(25)26)21-10-8-14(9-11-21)22-17-7-2-1-6-16(17)19-20-22/h1-7,12,14H,8-11H2. The Bertz CT molecular complexity index is 976. The minimum Gasteiger partial charge on any atom is -0.338 e. The van der Waals surface area contributed by atoms with E-state index in [1.807, 2.05) is 28.9 Å². The lowest BCUT2D eigenvalue weighted by atomic mass is 10.0. The molecule has 0 radical (unpaired) electrons. The molecule has 0 atom stereocenters. The Kier molecular flexibility index (Phi) is 4.08. The second kappa shape index (κ2) is 6.55. The number of nitro groups is 1. The lowest BCUT2D eigenvalue weighted by Gasteiger charge is -2.32. The fraction of sp³-hybridized carbons (Fsp3) is 0.278. The van der Waals surface area contributed by atoms with Gasteiger partial charge in [-0.25, -0.2) is 4.68 Å². The third kappa shape index (κ3) is 2.90. The van der Waals surface area contributed by atoms with E-state index in [0.717, 1.165) is 23.9 Å². The van der Waals surface area contributed by atoms with Crippen LogP contribution in [0.1, 0.15) is 29.2 Å². The molecule has 1 aliphatic heterocycles. The van der Waals surface area contributed by atoms with Crippen molar-refractivity contribution in [2.75, 3.05) is 13.1 Å². The molecule has 132 valence electrons. The van der Waals surface area contributed by atoms with E-state index in [0.29, 0.717) is 18.7 Å². The fourth-order valence-electron chi connectivity index (χ4n) is 3.41. The number of amides is 1. The van der Waals surface area contributed by atoms with E-state index in [-0.39, 0.29) is 17.6 Å². The molecule has 0 spiro atoms. The van der Waals surface area contributed by atoms with Crippen LogP contribution in [-0.2, 0) is 0 Å². The van der Waals surface area contributed by atoms with Crippen LogP contribution in [0.5, 0.6) is 0 Å². The zero-order valence-electron chi connectivity index (χ0n) is 14.0. The number of nitrogens with zero attached hydrogens (tertiary/aromatic N) is 5. The summed E-state index contributed by atoms with van der Waals surface area (Å²) >= 11 is 0. The Morgan fingerprint density at radius 2 is 1.88 bits per heavy atom. The van der Waals surface area contributed by atoms with Gasteiger partial charge in [-0.3, -0.25) is 14.9 Å². The first kappa shape index (κ1) is 16.2. The van der Waals surface area contributed by atoms with E-state index in [2.05, 4.69) is 10.3 Å². The predicted molar refractivity (Wildman–Crippen MR) is 94.8 cm³/mol. The number of likely N-dealkylation sites (tertiary alicyclic amines) is 1. The van der Waals surface area contributed by atoms with Crippen molar-refractivity contribution in [3.05, 3.63) is 64.2 Å². The van der Waals surface area contributed by atoms with E-state index in [1.165, 1.54) is 12.1 Å². The van der Waals surface area contributed by atoms with E-state index in [9.17, 15) is 14.9 Å². The van der Waals surface area contributed by atoms with E-state index in [1.54, 1.807) is 17.0 Å². The number of carbonyl (C=O) groups excluding carboxylic acids is 1. The summed E-state index contributed by atoms with van der Waals surface area (Å²) in [6.07, 6.45) is 1.54. The highest BCUT2D eigenvalue weighted by Gasteiger charge is 2.26. The number of piperidine rings is 1. The van der Waals surface area contributed by atoms with Gasteiger partial charge in [0.05, 0.1) is 16.5 Å². The summed E-state index contributed by atoms with van der Waals surface area (Å²) in [6, 6.07) is 13.9. The van der Waals surface area contributed by atoms with Gasteiger partial charge < -0.3 is 4.90 Å². The van der Waals surface area contributed by atoms with Crippen molar-refractivity contribution < 1.29 is 9.72 Å². The van der Waals surface area contributed by atoms with Crippen molar-refractivity contribution in [2.45, 2.75) is 18.9 Å². The predicted octanol–water partition coefficient (Wildman–Crippen LogP) is 2.82. The van der Waals surface area contributed by atoms with Crippen molar-refractivity contribution in [3.63, 3.8) is 0 Å². The number of carbonyl (C=O) groups is 1. The molecular formula is C18H17N5O3. The average Bonchev–Trinajstić information content (AvgIpc) is 3.12. The molecule has 1 aromatic heterocycles. The maximum Gasteiger partial charge on any atom is 0.270 e. The Morgan fingerprint density at radius 3 is 2.65 bits per heavy atom. The van der Waals surface area contributed by atoms with Gasteiger partial charge in [0, 0.05) is 30.8 Å². The Morgan fingerprint density at radius 1 is 1.12 bits per heavy atom. The second-order valence-electron chi connectivity index (χ2n) is 6.35. The normalized spacial score (nSPS) is 15.3. The lowest BCUT2D eigenvalue weighted by molar-refractivity contribution is -0.384. The maximum absolute atomic E-state index is 12.6. The van der Waals surface area contributed by atoms with Gasteiger partial charge in [-0.2, -0.15) is 0 Å². The van der Waals surface area contributed by atoms with Gasteiger partial charge in [0.2, 0.25) is 0 Å². The summed E-state index contributed by atoms with van der Waals surface area (Å²) in [5.74, 6) is -0.171. The summed E-state index contributed by atoms with van der Waals surface area (Å²) in [6.45, 7) is 1.17. The lowest BCUT2D eigenvalue weighted by Crippen LogP contribution is -2.39. The topological polar surface area (TPSA) is 94.2 Å². The van der Waals surface area contributed by atoms with Crippen LogP contribution < -0.4 is 0 Å². The van der Waals surface area contributed by atoms with E-state index in [4.69, 9.17) is 0 Å². The highest BCUT2D eigenvalue weighted by atomic mass is 16.6. The zero-order chi connectivity index (χ0) is 18.1. The third-order valence-corrected chi connectivity index (χ3v) is 4.78. The SMILES string of the molecule is O=C(c1cccc([N+](=O)[O-])c1)N1CCC(n2nnc3ccccc32)CC1. The molecule has 1 aliphatic rings. The first-order chi connectivity index (χ1) is 12.6. The third-order valence-electron chi connectivity index (χ3n) is 4.78. The van der Waals surface area contributed by atoms with Crippen LogP contribution in [0, 0.1) is 10.1 Å². The zero-order valence-corrected chi connectivity index (χ0v) is 14.0. The van der Waals surface area contributed by atoms with Crippen molar-refractivity contribution in [3.8, 4) is 0 Å². The number of hydrogen-bond donors (Lipinski definition) is 0. The van der Waals surface area contributed by atoms with Gasteiger partial charge in [-0.15, -0.1) is 5.10 Å². The number of para-hydroxylation sites is 1. The molecule has 2 heterocycles. The number of hydrogen-bond acceptors (Lipinski definition) is 5. The molecule has 0 aliphatic carbocycles. The van der Waals surface area contributed by atoms with Gasteiger partial charge in [0.15, 0.2) is 0 Å². The van der Waals surface area contributed by atoms with Crippen molar-refractivity contribution in [1.29, 1.82) is 0 Å². The minimum atomic E-state index is -0.487. The molecule has 4 rings (SSSR count). The van der Waals surface area contributed by atoms with Crippen LogP contribution in [0.3, 0.4) is 0 Å². The minimum absolute atomic E-state index is 0.0696. The number of aromatic nitrogens is 3. The quantitative estimate of drug-likeness (QED) is 0.534. The van der Waals surface area contributed by atoms with Gasteiger partial charge in [0.1, 0.15) is 5.52 Å². The molecule has 3 aromatic rings. The molecule has 8 heteroatoms. The van der Waals surface area contributed by atoms with Gasteiger partial charge in [0.25, 0.3) is 11.6 Å². The van der Waals surface area contributed by atoms with Crippen LogP contribution >= 0.6 is 0 Å². The van der Waals surface area contributed by atoms with Crippen LogP contribution in [-0.4, -0.2) is 43.8 Å². The Balaban J connectivity index is 1.47. The molecule has 1 amide bonds. The molecule has 8 nitrogen and oxygen atoms in total. The summed E-state index contributed by atoms with van der Waals surface area (Å²) in [5, 5.41) is 19.4. The first-order valence-electron chi connectivity index (χ1n) is 8.47. The highest BCUT2D eigenvalue weighted by molar-refractivity contribution is 5.94. The summed E-state index contributed by atoms with van der Waals surface area (Å²) in [5.41, 5.74) is 2.14. The number of nitro benzene ring substituents is 1. The van der Waals surface area contributed by atoms with Gasteiger partial charge >= 0.3 is 0 Å². The van der Waals surface area contributed by atoms with E-state index < -0.39 is 4.92 Å². The Labute approximate surface area is 149 Å². The molecule has 0 unspecified atom stereocenters. The number of non-ortho nitro benzene ring substituents is 1. The number of rotatable bonds is 3. The van der Waals surface area contributed by atoms with Crippen molar-refractivity contribution in [2.24, 2.45) is 0 Å². The summed E-state index contributed by atoms with van der Waals surface area (Å²) in [7, 11) is 0. The Hall–Kier alpha value is -3.29. The maximum atomic E-state index is 12.6. The van der Waals surface area contributed by atoms with Gasteiger partial charge in [-0.1, -0.05) is 23.4 Å². The molecule has 0 N–H and O–H groups in total. The smallest absolute Gasteiger partial charge is 0.270 e. The molecule has 1 saturated heterocycles. The molecule has 1 fully saturated rings. The van der Waals surface area contributed by atoms with E-state index >= 15 is 0 Å². The average molecular weight is 351 g/mol. The molecule has 0 bridgehead atoms. The molecule has 0 saturated carbocycles. The van der Waals surface area contributed by atoms with Crippen molar-refractivity contribution >= 4 is 22.6 Å². The van der Waals surface area contributed by atoms with Crippen LogP contribution in [0.25, 0.3) is 11.0 Å². The van der Waals surface area contributed by atoms with Crippen LogP contribution in [0.2, 0.25) is 0 Å². The summed E-state index contributed by atoms with van der Waals surface area (Å²) < 4.78 is 1.94. The summed E-state index contributed by atoms with van der Waals surface area (Å²) in [4.78, 5) is 24.8. The number of fused-ring (bicyclic) bond motifs is 1. The largest absolute Gasteiger partial charge is 0.338 e.